The third-order valence-electron chi connectivity index (χ3n) is 11.1. The Kier molecular flexibility index (Phi) is 7.99. The lowest BCUT2D eigenvalue weighted by Gasteiger charge is -2.31. The zero-order valence-electron chi connectivity index (χ0n) is 32.1. The molecule has 0 radical (unpaired) electrons. The molecule has 2 aliphatic heterocycles. The average molecular weight is 727 g/mol. The van der Waals surface area contributed by atoms with Gasteiger partial charge in [-0.15, -0.1) is 0 Å². The Labute approximate surface area is 328 Å². The minimum atomic E-state index is 0.714. The highest BCUT2D eigenvalue weighted by Crippen LogP contribution is 2.45. The Morgan fingerprint density at radius 3 is 1.98 bits per heavy atom. The highest BCUT2D eigenvalue weighted by molar-refractivity contribution is 6.10. The smallest absolute Gasteiger partial charge is 0.137 e. The number of aromatic nitrogens is 2. The number of anilines is 6. The molecule has 56 heavy (non-hydrogen) atoms. The largest absolute Gasteiger partial charge is 0.341 e. The van der Waals surface area contributed by atoms with Crippen molar-refractivity contribution in [2.24, 2.45) is 0 Å². The van der Waals surface area contributed by atoms with Crippen molar-refractivity contribution in [1.82, 2.24) is 14.5 Å². The van der Waals surface area contributed by atoms with Crippen molar-refractivity contribution in [1.29, 1.82) is 0 Å². The van der Waals surface area contributed by atoms with Gasteiger partial charge in [0.15, 0.2) is 0 Å². The molecule has 6 aromatic carbocycles. The van der Waals surface area contributed by atoms with E-state index in [2.05, 4.69) is 210 Å². The molecule has 0 fully saturated rings. The molecule has 0 unspecified atom stereocenters. The molecule has 272 valence electrons. The molecule has 0 amide bonds. The van der Waals surface area contributed by atoms with Crippen molar-refractivity contribution in [2.75, 3.05) is 28.4 Å². The maximum atomic E-state index is 4.81. The van der Waals surface area contributed by atoms with Crippen molar-refractivity contribution in [3.63, 3.8) is 0 Å². The van der Waals surface area contributed by atoms with Crippen LogP contribution in [0.1, 0.15) is 27.8 Å². The Hall–Kier alpha value is -7.05. The number of para-hydroxylation sites is 3. The maximum Gasteiger partial charge on any atom is 0.137 e. The maximum absolute atomic E-state index is 4.81. The summed E-state index contributed by atoms with van der Waals surface area (Å²) in [5.41, 5.74) is 15.2. The second-order valence-electron chi connectivity index (χ2n) is 14.9. The summed E-state index contributed by atoms with van der Waals surface area (Å²) in [6.45, 7) is 7.35. The zero-order valence-corrected chi connectivity index (χ0v) is 32.1. The second-order valence-corrected chi connectivity index (χ2v) is 14.9. The van der Waals surface area contributed by atoms with E-state index >= 15 is 0 Å². The van der Waals surface area contributed by atoms with E-state index in [9.17, 15) is 0 Å². The van der Waals surface area contributed by atoms with Crippen LogP contribution in [0.2, 0.25) is 0 Å². The fourth-order valence-corrected chi connectivity index (χ4v) is 8.76. The molecule has 10 rings (SSSR count). The molecule has 0 saturated heterocycles. The number of nitrogens with zero attached hydrogens (tertiary/aromatic N) is 6. The second kappa shape index (κ2) is 13.4. The predicted octanol–water partition coefficient (Wildman–Crippen LogP) is 12.4. The molecule has 0 atom stereocenters. The van der Waals surface area contributed by atoms with Crippen LogP contribution >= 0.6 is 0 Å². The molecular formula is C50H42N6. The Bertz CT molecular complexity index is 2790. The van der Waals surface area contributed by atoms with Gasteiger partial charge in [-0.05, 0) is 104 Å². The van der Waals surface area contributed by atoms with Crippen LogP contribution in [0.25, 0.3) is 39.8 Å². The van der Waals surface area contributed by atoms with E-state index in [0.717, 1.165) is 51.1 Å². The molecule has 6 heteroatoms. The first-order valence-electron chi connectivity index (χ1n) is 19.2. The molecule has 0 N–H and O–H groups in total. The third kappa shape index (κ3) is 5.52. The zero-order chi connectivity index (χ0) is 37.9. The first-order chi connectivity index (χ1) is 27.4. The topological polar surface area (TPSA) is 30.8 Å². The fourth-order valence-electron chi connectivity index (χ4n) is 8.76. The number of aryl methyl sites for hydroxylation is 3. The molecular weight excluding hydrogens is 685 g/mol. The summed E-state index contributed by atoms with van der Waals surface area (Å²) in [7, 11) is 2.18. The molecule has 0 bridgehead atoms. The standard InChI is InChI=1S/C50H42N6/c1-34-28-35(2)50(36(3)29-34)54(41-25-26-43-42-18-7-10-21-46(42)55(47(43)31-41)48-22-11-12-27-51-48)40-17-13-16-39(30-40)53-32-49(52(4)33-53)56-44-19-8-5-14-37(44)23-24-38-15-6-9-20-45(38)56/h5-32H,33H2,1-4H3. The summed E-state index contributed by atoms with van der Waals surface area (Å²) >= 11 is 0. The van der Waals surface area contributed by atoms with Crippen molar-refractivity contribution in [3.8, 4) is 5.82 Å². The van der Waals surface area contributed by atoms with E-state index in [1.807, 2.05) is 12.3 Å². The molecule has 2 aromatic heterocycles. The Morgan fingerprint density at radius 1 is 0.589 bits per heavy atom. The Balaban J connectivity index is 1.12. The number of rotatable bonds is 6. The average Bonchev–Trinajstić information content (AvgIpc) is 3.71. The minimum absolute atomic E-state index is 0.714. The number of hydrogen-bond acceptors (Lipinski definition) is 5. The lowest BCUT2D eigenvalue weighted by Crippen LogP contribution is -2.29. The SMILES string of the molecule is Cc1cc(C)c(N(c2cccc(N3C=C(N4c5ccccc5C=Cc5ccccc54)N(C)C3)c2)c2ccc3c4ccccc4n(-c4ccccn4)c3c2)c(C)c1. The van der Waals surface area contributed by atoms with E-state index < -0.39 is 0 Å². The van der Waals surface area contributed by atoms with Gasteiger partial charge in [0, 0.05) is 47.3 Å². The van der Waals surface area contributed by atoms with E-state index in [0.29, 0.717) is 6.67 Å². The summed E-state index contributed by atoms with van der Waals surface area (Å²) in [5, 5.41) is 2.41. The molecule has 0 spiro atoms. The van der Waals surface area contributed by atoms with E-state index in [4.69, 9.17) is 4.98 Å². The highest BCUT2D eigenvalue weighted by atomic mass is 15.4. The van der Waals surface area contributed by atoms with Crippen LogP contribution in [-0.4, -0.2) is 28.2 Å². The van der Waals surface area contributed by atoms with Gasteiger partial charge in [-0.25, -0.2) is 4.98 Å². The van der Waals surface area contributed by atoms with E-state index in [-0.39, 0.29) is 0 Å². The number of hydrogen-bond donors (Lipinski definition) is 0. The molecule has 0 aliphatic carbocycles. The summed E-state index contributed by atoms with van der Waals surface area (Å²) in [6.07, 6.45) is 8.61. The molecule has 0 saturated carbocycles. The lowest BCUT2D eigenvalue weighted by molar-refractivity contribution is 0.451. The lowest BCUT2D eigenvalue weighted by atomic mass is 10.0. The van der Waals surface area contributed by atoms with Crippen LogP contribution < -0.4 is 14.7 Å². The van der Waals surface area contributed by atoms with Gasteiger partial charge in [-0.1, -0.05) is 103 Å². The van der Waals surface area contributed by atoms with Gasteiger partial charge >= 0.3 is 0 Å². The highest BCUT2D eigenvalue weighted by Gasteiger charge is 2.29. The third-order valence-corrected chi connectivity index (χ3v) is 11.1. The quantitative estimate of drug-likeness (QED) is 0.170. The summed E-state index contributed by atoms with van der Waals surface area (Å²) in [4.78, 5) is 14.3. The molecule has 2 aliphatic rings. The van der Waals surface area contributed by atoms with Crippen molar-refractivity contribution < 1.29 is 0 Å². The van der Waals surface area contributed by atoms with Gasteiger partial charge in [0.05, 0.1) is 34.8 Å². The van der Waals surface area contributed by atoms with Crippen LogP contribution in [-0.2, 0) is 0 Å². The van der Waals surface area contributed by atoms with Crippen LogP contribution in [0.4, 0.5) is 34.1 Å². The van der Waals surface area contributed by atoms with Crippen molar-refractivity contribution >= 4 is 68.1 Å². The first kappa shape index (κ1) is 33.5. The van der Waals surface area contributed by atoms with Crippen LogP contribution in [0.15, 0.2) is 164 Å². The number of fused-ring (bicyclic) bond motifs is 5. The van der Waals surface area contributed by atoms with Crippen LogP contribution in [0.5, 0.6) is 0 Å². The molecule has 4 heterocycles. The van der Waals surface area contributed by atoms with Gasteiger partial charge in [-0.3, -0.25) is 9.47 Å². The van der Waals surface area contributed by atoms with Gasteiger partial charge in [-0.2, -0.15) is 0 Å². The van der Waals surface area contributed by atoms with Gasteiger partial charge < -0.3 is 14.7 Å². The fraction of sp³-hybridized carbons (Fsp3) is 0.100. The number of pyridine rings is 1. The first-order valence-corrected chi connectivity index (χ1v) is 19.2. The summed E-state index contributed by atoms with van der Waals surface area (Å²) in [6, 6.07) is 52.5. The monoisotopic (exact) mass is 726 g/mol. The Morgan fingerprint density at radius 2 is 1.25 bits per heavy atom. The molecule has 8 aromatic rings. The molecule has 6 nitrogen and oxygen atoms in total. The van der Waals surface area contributed by atoms with Gasteiger partial charge in [0.1, 0.15) is 11.6 Å². The van der Waals surface area contributed by atoms with Crippen LogP contribution in [0.3, 0.4) is 0 Å². The van der Waals surface area contributed by atoms with Gasteiger partial charge in [0.25, 0.3) is 0 Å². The normalized spacial score (nSPS) is 13.6. The summed E-state index contributed by atoms with van der Waals surface area (Å²) < 4.78 is 2.29. The van der Waals surface area contributed by atoms with Gasteiger partial charge in [0.2, 0.25) is 0 Å². The van der Waals surface area contributed by atoms with Crippen LogP contribution in [0, 0.1) is 20.8 Å². The van der Waals surface area contributed by atoms with E-state index in [1.54, 1.807) is 0 Å². The predicted molar refractivity (Wildman–Crippen MR) is 235 cm³/mol. The summed E-state index contributed by atoms with van der Waals surface area (Å²) in [5.74, 6) is 2.02. The van der Waals surface area contributed by atoms with Crippen molar-refractivity contribution in [3.05, 3.63) is 192 Å². The van der Waals surface area contributed by atoms with E-state index in [1.165, 1.54) is 44.3 Å². The number of benzene rings is 6. The minimum Gasteiger partial charge on any atom is -0.341 e. The van der Waals surface area contributed by atoms with Crippen molar-refractivity contribution in [2.45, 2.75) is 20.8 Å².